The molecule has 2 aromatic carbocycles. The van der Waals surface area contributed by atoms with E-state index in [0.29, 0.717) is 6.42 Å². The van der Waals surface area contributed by atoms with E-state index in [-0.39, 0.29) is 28.3 Å². The normalized spacial score (nSPS) is 11.5. The van der Waals surface area contributed by atoms with Crippen LogP contribution in [0.25, 0.3) is 0 Å². The van der Waals surface area contributed by atoms with E-state index < -0.39 is 10.0 Å². The van der Waals surface area contributed by atoms with Crippen molar-refractivity contribution in [3.8, 4) is 0 Å². The van der Waals surface area contributed by atoms with Gasteiger partial charge >= 0.3 is 0 Å². The van der Waals surface area contributed by atoms with Gasteiger partial charge in [0.1, 0.15) is 0 Å². The molecule has 1 amide bonds. The predicted molar refractivity (Wildman–Crippen MR) is 108 cm³/mol. The molecule has 146 valence electrons. The summed E-state index contributed by atoms with van der Waals surface area (Å²) in [5.74, 6) is -0.235. The van der Waals surface area contributed by atoms with Crippen LogP contribution in [0.4, 0.5) is 5.13 Å². The van der Waals surface area contributed by atoms with Crippen LogP contribution >= 0.6 is 11.3 Å². The van der Waals surface area contributed by atoms with Gasteiger partial charge in [-0.05, 0) is 17.5 Å². The highest BCUT2D eigenvalue weighted by atomic mass is 32.2. The van der Waals surface area contributed by atoms with Gasteiger partial charge in [-0.25, -0.2) is 8.42 Å². The highest BCUT2D eigenvalue weighted by molar-refractivity contribution is 7.91. The van der Waals surface area contributed by atoms with Crippen LogP contribution in [0.15, 0.2) is 65.0 Å². The molecule has 0 saturated carbocycles. The molecule has 0 aliphatic heterocycles. The third-order valence-electron chi connectivity index (χ3n) is 4.02. The number of benzene rings is 2. The first-order valence-electron chi connectivity index (χ1n) is 8.63. The lowest BCUT2D eigenvalue weighted by Crippen LogP contribution is -2.26. The average molecular weight is 417 g/mol. The number of carbonyl (C=O) groups is 1. The number of anilines is 1. The molecule has 28 heavy (non-hydrogen) atoms. The van der Waals surface area contributed by atoms with Crippen LogP contribution in [0.2, 0.25) is 0 Å². The monoisotopic (exact) mass is 416 g/mol. The van der Waals surface area contributed by atoms with E-state index in [1.54, 1.807) is 0 Å². The SMILES string of the molecule is CN(Cc1ccccc1)S(=O)(=O)c1nnc(NC(=O)CCc2ccccc2)s1. The molecule has 1 aromatic heterocycles. The standard InChI is InChI=1S/C19H20N4O3S2/c1-23(14-16-10-6-3-7-11-16)28(25,26)19-22-21-18(27-19)20-17(24)13-12-15-8-4-2-5-9-15/h2-11H,12-14H2,1H3,(H,20,21,24). The maximum Gasteiger partial charge on any atom is 0.272 e. The van der Waals surface area contributed by atoms with E-state index in [9.17, 15) is 13.2 Å². The first kappa shape index (κ1) is 20.1. The Hall–Kier alpha value is -2.62. The van der Waals surface area contributed by atoms with Crippen LogP contribution in [0.3, 0.4) is 0 Å². The molecule has 0 saturated heterocycles. The highest BCUT2D eigenvalue weighted by Gasteiger charge is 2.26. The average Bonchev–Trinajstić information content (AvgIpc) is 3.17. The lowest BCUT2D eigenvalue weighted by atomic mass is 10.1. The molecule has 0 unspecified atom stereocenters. The van der Waals surface area contributed by atoms with Crippen LogP contribution in [0, 0.1) is 0 Å². The fourth-order valence-electron chi connectivity index (χ4n) is 2.51. The maximum atomic E-state index is 12.7. The molecule has 0 radical (unpaired) electrons. The Morgan fingerprint density at radius 2 is 1.61 bits per heavy atom. The van der Waals surface area contributed by atoms with Gasteiger partial charge in [-0.1, -0.05) is 72.0 Å². The van der Waals surface area contributed by atoms with Crippen molar-refractivity contribution in [2.45, 2.75) is 23.7 Å². The summed E-state index contributed by atoms with van der Waals surface area (Å²) in [6, 6.07) is 18.9. The molecule has 0 aliphatic carbocycles. The number of nitrogens with one attached hydrogen (secondary N) is 1. The number of hydrogen-bond acceptors (Lipinski definition) is 6. The van der Waals surface area contributed by atoms with Crippen LogP contribution in [-0.2, 0) is 27.8 Å². The lowest BCUT2D eigenvalue weighted by Gasteiger charge is -2.14. The third kappa shape index (κ3) is 5.22. The summed E-state index contributed by atoms with van der Waals surface area (Å²) in [6.07, 6.45) is 0.871. The highest BCUT2D eigenvalue weighted by Crippen LogP contribution is 2.23. The van der Waals surface area contributed by atoms with E-state index in [1.165, 1.54) is 11.4 Å². The zero-order valence-electron chi connectivity index (χ0n) is 15.3. The van der Waals surface area contributed by atoms with Crippen molar-refractivity contribution in [2.75, 3.05) is 12.4 Å². The number of amides is 1. The third-order valence-corrected chi connectivity index (χ3v) is 7.00. The second kappa shape index (κ2) is 9.05. The number of carbonyl (C=O) groups excluding carboxylic acids is 1. The van der Waals surface area contributed by atoms with Gasteiger partial charge in [0.25, 0.3) is 10.0 Å². The Kier molecular flexibility index (Phi) is 6.50. The first-order valence-corrected chi connectivity index (χ1v) is 10.9. The molecule has 3 rings (SSSR count). The minimum Gasteiger partial charge on any atom is -0.300 e. The topological polar surface area (TPSA) is 92.3 Å². The summed E-state index contributed by atoms with van der Waals surface area (Å²) in [5, 5.41) is 10.3. The Labute approximate surface area is 168 Å². The van der Waals surface area contributed by atoms with Gasteiger partial charge in [0.15, 0.2) is 0 Å². The van der Waals surface area contributed by atoms with Gasteiger partial charge < -0.3 is 5.32 Å². The van der Waals surface area contributed by atoms with Gasteiger partial charge in [0, 0.05) is 20.0 Å². The molecular weight excluding hydrogens is 396 g/mol. The molecule has 0 aliphatic rings. The lowest BCUT2D eigenvalue weighted by molar-refractivity contribution is -0.116. The Morgan fingerprint density at radius 3 is 2.25 bits per heavy atom. The summed E-state index contributed by atoms with van der Waals surface area (Å²) in [6.45, 7) is 0.224. The van der Waals surface area contributed by atoms with Gasteiger partial charge in [-0.2, -0.15) is 4.31 Å². The second-order valence-electron chi connectivity index (χ2n) is 6.15. The zero-order valence-corrected chi connectivity index (χ0v) is 16.9. The van der Waals surface area contributed by atoms with Gasteiger partial charge in [-0.3, -0.25) is 4.79 Å². The number of aryl methyl sites for hydroxylation is 1. The van der Waals surface area contributed by atoms with Crippen molar-refractivity contribution in [1.82, 2.24) is 14.5 Å². The van der Waals surface area contributed by atoms with E-state index >= 15 is 0 Å². The molecule has 9 heteroatoms. The van der Waals surface area contributed by atoms with Crippen molar-refractivity contribution in [2.24, 2.45) is 0 Å². The van der Waals surface area contributed by atoms with Crippen molar-refractivity contribution in [3.05, 3.63) is 71.8 Å². The van der Waals surface area contributed by atoms with Crippen LogP contribution < -0.4 is 5.32 Å². The molecule has 0 fully saturated rings. The van der Waals surface area contributed by atoms with Crippen molar-refractivity contribution in [1.29, 1.82) is 0 Å². The molecule has 0 spiro atoms. The second-order valence-corrected chi connectivity index (χ2v) is 9.35. The quantitative estimate of drug-likeness (QED) is 0.570. The summed E-state index contributed by atoms with van der Waals surface area (Å²) in [5.41, 5.74) is 1.92. The van der Waals surface area contributed by atoms with E-state index in [1.807, 2.05) is 60.7 Å². The number of nitrogens with zero attached hydrogens (tertiary/aromatic N) is 3. The molecule has 1 N–H and O–H groups in total. The molecule has 3 aromatic rings. The van der Waals surface area contributed by atoms with Gasteiger partial charge in [0.2, 0.25) is 15.4 Å². The minimum atomic E-state index is -3.78. The first-order chi connectivity index (χ1) is 13.4. The van der Waals surface area contributed by atoms with Crippen LogP contribution in [0.5, 0.6) is 0 Å². The van der Waals surface area contributed by atoms with Crippen molar-refractivity contribution >= 4 is 32.4 Å². The molecular formula is C19H20N4O3S2. The zero-order chi connectivity index (χ0) is 20.0. The molecule has 1 heterocycles. The van der Waals surface area contributed by atoms with E-state index in [2.05, 4.69) is 15.5 Å². The Bertz CT molecular complexity index is 1020. The summed E-state index contributed by atoms with van der Waals surface area (Å²) in [4.78, 5) is 12.1. The molecule has 0 bridgehead atoms. The van der Waals surface area contributed by atoms with E-state index in [4.69, 9.17) is 0 Å². The van der Waals surface area contributed by atoms with Gasteiger partial charge in [-0.15, -0.1) is 10.2 Å². The number of rotatable bonds is 8. The van der Waals surface area contributed by atoms with Crippen LogP contribution in [-0.4, -0.2) is 35.9 Å². The summed E-state index contributed by atoms with van der Waals surface area (Å²) < 4.78 is 26.4. The number of hydrogen-bond donors (Lipinski definition) is 1. The number of sulfonamides is 1. The minimum absolute atomic E-state index is 0.149. The smallest absolute Gasteiger partial charge is 0.272 e. The Morgan fingerprint density at radius 1 is 1.00 bits per heavy atom. The maximum absolute atomic E-state index is 12.7. The summed E-state index contributed by atoms with van der Waals surface area (Å²) >= 11 is 0.845. The predicted octanol–water partition coefficient (Wildman–Crippen LogP) is 2.93. The largest absolute Gasteiger partial charge is 0.300 e. The van der Waals surface area contributed by atoms with Gasteiger partial charge in [0.05, 0.1) is 0 Å². The van der Waals surface area contributed by atoms with Crippen molar-refractivity contribution < 1.29 is 13.2 Å². The Balaban J connectivity index is 1.59. The summed E-state index contributed by atoms with van der Waals surface area (Å²) in [7, 11) is -2.29. The van der Waals surface area contributed by atoms with E-state index in [0.717, 1.165) is 22.5 Å². The molecule has 7 nitrogen and oxygen atoms in total. The van der Waals surface area contributed by atoms with Crippen LogP contribution in [0.1, 0.15) is 17.5 Å². The van der Waals surface area contributed by atoms with Crippen molar-refractivity contribution in [3.63, 3.8) is 0 Å². The molecule has 0 atom stereocenters. The number of aromatic nitrogens is 2. The fraction of sp³-hybridized carbons (Fsp3) is 0.211. The fourth-order valence-corrected chi connectivity index (χ4v) is 4.77.